The lowest BCUT2D eigenvalue weighted by molar-refractivity contribution is 0.397. The van der Waals surface area contributed by atoms with Crippen LogP contribution < -0.4 is 19.5 Å². The molecule has 0 aliphatic carbocycles. The van der Waals surface area contributed by atoms with Gasteiger partial charge < -0.3 is 14.8 Å². The lowest BCUT2D eigenvalue weighted by Crippen LogP contribution is -2.31. The fourth-order valence-electron chi connectivity index (χ4n) is 2.74. The van der Waals surface area contributed by atoms with Crippen LogP contribution >= 0.6 is 0 Å². The van der Waals surface area contributed by atoms with Gasteiger partial charge in [-0.05, 0) is 43.2 Å². The van der Waals surface area contributed by atoms with E-state index >= 15 is 0 Å². The predicted octanol–water partition coefficient (Wildman–Crippen LogP) is 2.82. The predicted molar refractivity (Wildman–Crippen MR) is 107 cm³/mol. The Kier molecular flexibility index (Phi) is 7.65. The number of hydrogen-bond donors (Lipinski definition) is 2. The minimum absolute atomic E-state index is 0.0140. The molecule has 2 rings (SSSR count). The van der Waals surface area contributed by atoms with E-state index in [4.69, 9.17) is 9.47 Å². The summed E-state index contributed by atoms with van der Waals surface area (Å²) in [5.74, 6) is 1.58. The van der Waals surface area contributed by atoms with Crippen LogP contribution in [-0.4, -0.2) is 28.7 Å². The molecule has 0 spiro atoms. The zero-order valence-electron chi connectivity index (χ0n) is 16.3. The SMILES string of the molecule is COc1ccc(OC)c(CNCc2ccc(CS(=O)(=O)NC(C)C)cc2)c1. The first-order valence-electron chi connectivity index (χ1n) is 8.82. The second-order valence-electron chi connectivity index (χ2n) is 6.63. The van der Waals surface area contributed by atoms with Crippen LogP contribution in [-0.2, 0) is 28.9 Å². The Morgan fingerprint density at radius 2 is 1.59 bits per heavy atom. The van der Waals surface area contributed by atoms with Crippen molar-refractivity contribution in [1.82, 2.24) is 10.0 Å². The van der Waals surface area contributed by atoms with E-state index in [1.807, 2.05) is 56.3 Å². The maximum atomic E-state index is 12.0. The summed E-state index contributed by atoms with van der Waals surface area (Å²) in [6, 6.07) is 13.2. The molecule has 0 saturated heterocycles. The lowest BCUT2D eigenvalue weighted by atomic mass is 10.1. The quantitative estimate of drug-likeness (QED) is 0.650. The first-order valence-corrected chi connectivity index (χ1v) is 10.5. The Hall–Kier alpha value is -2.09. The van der Waals surface area contributed by atoms with E-state index in [1.54, 1.807) is 14.2 Å². The highest BCUT2D eigenvalue weighted by molar-refractivity contribution is 7.88. The number of nitrogens with one attached hydrogen (secondary N) is 2. The van der Waals surface area contributed by atoms with Gasteiger partial charge in [-0.1, -0.05) is 24.3 Å². The first kappa shape index (κ1) is 21.2. The summed E-state index contributed by atoms with van der Waals surface area (Å²) in [4.78, 5) is 0. The molecule has 6 nitrogen and oxygen atoms in total. The van der Waals surface area contributed by atoms with Gasteiger partial charge in [0.05, 0.1) is 20.0 Å². The number of methoxy groups -OCH3 is 2. The van der Waals surface area contributed by atoms with Gasteiger partial charge in [-0.2, -0.15) is 0 Å². The van der Waals surface area contributed by atoms with Crippen molar-refractivity contribution in [3.8, 4) is 11.5 Å². The van der Waals surface area contributed by atoms with Gasteiger partial charge in [0.15, 0.2) is 0 Å². The summed E-state index contributed by atoms with van der Waals surface area (Å²) < 4.78 is 37.2. The number of ether oxygens (including phenoxy) is 2. The normalized spacial score (nSPS) is 11.6. The van der Waals surface area contributed by atoms with E-state index in [9.17, 15) is 8.42 Å². The lowest BCUT2D eigenvalue weighted by Gasteiger charge is -2.12. The van der Waals surface area contributed by atoms with Crippen LogP contribution in [0.15, 0.2) is 42.5 Å². The summed E-state index contributed by atoms with van der Waals surface area (Å²) in [6.07, 6.45) is 0. The maximum Gasteiger partial charge on any atom is 0.216 e. The van der Waals surface area contributed by atoms with Crippen molar-refractivity contribution in [2.45, 2.75) is 38.7 Å². The highest BCUT2D eigenvalue weighted by Gasteiger charge is 2.12. The van der Waals surface area contributed by atoms with Crippen molar-refractivity contribution in [2.75, 3.05) is 14.2 Å². The summed E-state index contributed by atoms with van der Waals surface area (Å²) in [7, 11) is -0.0240. The molecule has 2 N–H and O–H groups in total. The molecule has 0 aromatic heterocycles. The zero-order valence-corrected chi connectivity index (χ0v) is 17.1. The van der Waals surface area contributed by atoms with E-state index in [1.165, 1.54) is 0 Å². The minimum atomic E-state index is -3.31. The van der Waals surface area contributed by atoms with Crippen LogP contribution in [0.2, 0.25) is 0 Å². The maximum absolute atomic E-state index is 12.0. The molecule has 0 atom stereocenters. The Labute approximate surface area is 161 Å². The molecule has 0 aliphatic heterocycles. The van der Waals surface area contributed by atoms with Crippen molar-refractivity contribution < 1.29 is 17.9 Å². The van der Waals surface area contributed by atoms with Crippen LogP contribution in [0.5, 0.6) is 11.5 Å². The number of sulfonamides is 1. The Morgan fingerprint density at radius 3 is 2.19 bits per heavy atom. The molecule has 0 fully saturated rings. The van der Waals surface area contributed by atoms with Gasteiger partial charge in [-0.15, -0.1) is 0 Å². The smallest absolute Gasteiger partial charge is 0.216 e. The molecular weight excluding hydrogens is 364 g/mol. The zero-order chi connectivity index (χ0) is 19.9. The number of rotatable bonds is 10. The average Bonchev–Trinajstić information content (AvgIpc) is 2.61. The molecule has 2 aromatic carbocycles. The summed E-state index contributed by atoms with van der Waals surface area (Å²) in [5.41, 5.74) is 2.86. The summed E-state index contributed by atoms with van der Waals surface area (Å²) in [5, 5.41) is 3.37. The fourth-order valence-corrected chi connectivity index (χ4v) is 4.17. The molecule has 0 saturated carbocycles. The molecule has 2 aromatic rings. The molecule has 0 bridgehead atoms. The fraction of sp³-hybridized carbons (Fsp3) is 0.400. The van der Waals surface area contributed by atoms with E-state index in [0.717, 1.165) is 28.2 Å². The molecule has 0 radical (unpaired) electrons. The molecule has 0 amide bonds. The van der Waals surface area contributed by atoms with Crippen LogP contribution in [0.25, 0.3) is 0 Å². The van der Waals surface area contributed by atoms with E-state index in [-0.39, 0.29) is 11.8 Å². The van der Waals surface area contributed by atoms with Crippen molar-refractivity contribution in [2.24, 2.45) is 0 Å². The molecular formula is C20H28N2O4S. The second-order valence-corrected chi connectivity index (χ2v) is 8.38. The van der Waals surface area contributed by atoms with Gasteiger partial charge >= 0.3 is 0 Å². The Bertz CT molecular complexity index is 834. The van der Waals surface area contributed by atoms with Gasteiger partial charge in [0.2, 0.25) is 10.0 Å². The third-order valence-corrected chi connectivity index (χ3v) is 5.47. The van der Waals surface area contributed by atoms with Crippen molar-refractivity contribution >= 4 is 10.0 Å². The van der Waals surface area contributed by atoms with Gasteiger partial charge in [-0.3, -0.25) is 0 Å². The van der Waals surface area contributed by atoms with Gasteiger partial charge in [-0.25, -0.2) is 13.1 Å². The van der Waals surface area contributed by atoms with Crippen LogP contribution in [0.1, 0.15) is 30.5 Å². The van der Waals surface area contributed by atoms with Gasteiger partial charge in [0.1, 0.15) is 11.5 Å². The van der Waals surface area contributed by atoms with E-state index < -0.39 is 10.0 Å². The molecule has 0 heterocycles. The third kappa shape index (κ3) is 6.86. The van der Waals surface area contributed by atoms with Crippen LogP contribution in [0.4, 0.5) is 0 Å². The molecule has 27 heavy (non-hydrogen) atoms. The average molecular weight is 393 g/mol. The van der Waals surface area contributed by atoms with Crippen molar-refractivity contribution in [1.29, 1.82) is 0 Å². The van der Waals surface area contributed by atoms with E-state index in [0.29, 0.717) is 13.1 Å². The van der Waals surface area contributed by atoms with Crippen molar-refractivity contribution in [3.63, 3.8) is 0 Å². The largest absolute Gasteiger partial charge is 0.497 e. The number of hydrogen-bond acceptors (Lipinski definition) is 5. The highest BCUT2D eigenvalue weighted by Crippen LogP contribution is 2.23. The standard InChI is InChI=1S/C20H28N2O4S/c1-15(2)22-27(23,24)14-17-7-5-16(6-8-17)12-21-13-18-11-19(25-3)9-10-20(18)26-4/h5-11,15,21-22H,12-14H2,1-4H3. The summed E-state index contributed by atoms with van der Waals surface area (Å²) >= 11 is 0. The number of benzene rings is 2. The van der Waals surface area contributed by atoms with Crippen molar-refractivity contribution in [3.05, 3.63) is 59.2 Å². The topological polar surface area (TPSA) is 76.7 Å². The van der Waals surface area contributed by atoms with Gasteiger partial charge in [0.25, 0.3) is 0 Å². The highest BCUT2D eigenvalue weighted by atomic mass is 32.2. The first-order chi connectivity index (χ1) is 12.8. The Morgan fingerprint density at radius 1 is 0.926 bits per heavy atom. The van der Waals surface area contributed by atoms with Crippen LogP contribution in [0, 0.1) is 0 Å². The Balaban J connectivity index is 1.92. The van der Waals surface area contributed by atoms with Gasteiger partial charge in [0, 0.05) is 24.7 Å². The summed E-state index contributed by atoms with van der Waals surface area (Å²) in [6.45, 7) is 4.92. The second kappa shape index (κ2) is 9.73. The molecule has 148 valence electrons. The minimum Gasteiger partial charge on any atom is -0.497 e. The third-order valence-electron chi connectivity index (χ3n) is 3.93. The monoisotopic (exact) mass is 392 g/mol. The van der Waals surface area contributed by atoms with Crippen LogP contribution in [0.3, 0.4) is 0 Å². The molecule has 0 unspecified atom stereocenters. The molecule has 0 aliphatic rings. The molecule has 7 heteroatoms. The van der Waals surface area contributed by atoms with E-state index in [2.05, 4.69) is 10.0 Å².